The highest BCUT2D eigenvalue weighted by molar-refractivity contribution is 7.90. The number of pyridine rings is 1. The molecule has 3 aromatic rings. The smallest absolute Gasteiger partial charge is 0.237 e. The van der Waals surface area contributed by atoms with Gasteiger partial charge < -0.3 is 0 Å². The van der Waals surface area contributed by atoms with Gasteiger partial charge in [-0.25, -0.2) is 17.4 Å². The van der Waals surface area contributed by atoms with E-state index in [1.165, 1.54) is 18.3 Å². The number of fused-ring (bicyclic) bond motifs is 1. The first-order chi connectivity index (χ1) is 11.5. The van der Waals surface area contributed by atoms with Crippen molar-refractivity contribution < 1.29 is 21.6 Å². The zero-order chi connectivity index (χ0) is 18.6. The van der Waals surface area contributed by atoms with Crippen LogP contribution in [0.2, 0.25) is 5.02 Å². The Morgan fingerprint density at radius 1 is 1.16 bits per heavy atom. The Hall–Kier alpha value is -2.06. The van der Waals surface area contributed by atoms with Crippen LogP contribution < -0.4 is 0 Å². The Labute approximate surface area is 146 Å². The standard InChI is InChI=1S/C16H12ClF3N2O2S/c1-9-3-4-13(10(2)7-9)25(23,24)22-8-11(16(18,19)20)14-12(17)5-6-21-15(14)22/h3-8H,1-2H3. The van der Waals surface area contributed by atoms with E-state index in [0.29, 0.717) is 15.7 Å². The van der Waals surface area contributed by atoms with E-state index >= 15 is 0 Å². The first-order valence-electron chi connectivity index (χ1n) is 7.09. The van der Waals surface area contributed by atoms with E-state index in [1.807, 2.05) is 0 Å². The van der Waals surface area contributed by atoms with Crippen molar-refractivity contribution in [3.63, 3.8) is 0 Å². The molecule has 132 valence electrons. The lowest BCUT2D eigenvalue weighted by Gasteiger charge is -2.10. The summed E-state index contributed by atoms with van der Waals surface area (Å²) in [6, 6.07) is 5.77. The first-order valence-corrected chi connectivity index (χ1v) is 8.91. The Bertz CT molecular complexity index is 1090. The fraction of sp³-hybridized carbons (Fsp3) is 0.188. The number of halogens is 4. The molecule has 9 heteroatoms. The predicted molar refractivity (Wildman–Crippen MR) is 88.2 cm³/mol. The van der Waals surface area contributed by atoms with Gasteiger partial charge in [-0.3, -0.25) is 0 Å². The largest absolute Gasteiger partial charge is 0.418 e. The van der Waals surface area contributed by atoms with Gasteiger partial charge in [0, 0.05) is 12.4 Å². The number of aromatic nitrogens is 2. The summed E-state index contributed by atoms with van der Waals surface area (Å²) >= 11 is 5.88. The third-order valence-corrected chi connectivity index (χ3v) is 5.90. The second kappa shape index (κ2) is 5.74. The molecule has 0 saturated carbocycles. The van der Waals surface area contributed by atoms with E-state index in [4.69, 9.17) is 11.6 Å². The molecule has 2 aromatic heterocycles. The Balaban J connectivity index is 2.38. The SMILES string of the molecule is Cc1ccc(S(=O)(=O)n2cc(C(F)(F)F)c3c(Cl)ccnc32)c(C)c1. The number of aryl methyl sites for hydroxylation is 2. The minimum Gasteiger partial charge on any atom is -0.237 e. The highest BCUT2D eigenvalue weighted by Crippen LogP contribution is 2.39. The lowest BCUT2D eigenvalue weighted by molar-refractivity contribution is -0.136. The summed E-state index contributed by atoms with van der Waals surface area (Å²) in [7, 11) is -4.27. The van der Waals surface area contributed by atoms with Crippen LogP contribution in [0.5, 0.6) is 0 Å². The monoisotopic (exact) mass is 388 g/mol. The van der Waals surface area contributed by atoms with Crippen molar-refractivity contribution >= 4 is 32.7 Å². The van der Waals surface area contributed by atoms with Crippen LogP contribution in [0.1, 0.15) is 16.7 Å². The van der Waals surface area contributed by atoms with Crippen LogP contribution in [0.15, 0.2) is 41.6 Å². The van der Waals surface area contributed by atoms with E-state index in [2.05, 4.69) is 4.98 Å². The van der Waals surface area contributed by atoms with Crippen LogP contribution in [0.3, 0.4) is 0 Å². The van der Waals surface area contributed by atoms with Crippen molar-refractivity contribution in [1.82, 2.24) is 8.96 Å². The Kier molecular flexibility index (Phi) is 4.08. The zero-order valence-electron chi connectivity index (χ0n) is 13.1. The molecule has 0 spiro atoms. The van der Waals surface area contributed by atoms with Gasteiger partial charge in [-0.05, 0) is 31.5 Å². The summed E-state index contributed by atoms with van der Waals surface area (Å²) in [6.07, 6.45) is -3.08. The molecule has 0 bridgehead atoms. The molecule has 0 aliphatic carbocycles. The van der Waals surface area contributed by atoms with Gasteiger partial charge in [0.2, 0.25) is 0 Å². The van der Waals surface area contributed by atoms with Crippen molar-refractivity contribution in [1.29, 1.82) is 0 Å². The maximum Gasteiger partial charge on any atom is 0.418 e. The molecule has 0 aliphatic heterocycles. The number of alkyl halides is 3. The van der Waals surface area contributed by atoms with Crippen molar-refractivity contribution in [2.24, 2.45) is 0 Å². The van der Waals surface area contributed by atoms with Crippen molar-refractivity contribution in [2.75, 3.05) is 0 Å². The van der Waals surface area contributed by atoms with Crippen LogP contribution >= 0.6 is 11.6 Å². The van der Waals surface area contributed by atoms with Gasteiger partial charge in [0.05, 0.1) is 20.9 Å². The summed E-state index contributed by atoms with van der Waals surface area (Å²) in [4.78, 5) is 3.72. The number of hydrogen-bond acceptors (Lipinski definition) is 3. The second-order valence-corrected chi connectivity index (χ2v) is 7.79. The topological polar surface area (TPSA) is 52.0 Å². The molecular formula is C16H12ClF3N2O2S. The summed E-state index contributed by atoms with van der Waals surface area (Å²) in [5.41, 5.74) is -0.239. The van der Waals surface area contributed by atoms with Gasteiger partial charge in [0.15, 0.2) is 5.65 Å². The van der Waals surface area contributed by atoms with Crippen molar-refractivity contribution in [3.05, 3.63) is 58.4 Å². The number of hydrogen-bond donors (Lipinski definition) is 0. The van der Waals surface area contributed by atoms with E-state index < -0.39 is 27.1 Å². The maximum absolute atomic E-state index is 13.3. The van der Waals surface area contributed by atoms with Crippen LogP contribution in [0.25, 0.3) is 11.0 Å². The summed E-state index contributed by atoms with van der Waals surface area (Å²) in [5, 5.41) is -0.656. The molecule has 0 unspecified atom stereocenters. The molecule has 0 aliphatic rings. The molecule has 2 heterocycles. The van der Waals surface area contributed by atoms with Crippen LogP contribution in [-0.4, -0.2) is 17.4 Å². The van der Waals surface area contributed by atoms with Gasteiger partial charge >= 0.3 is 6.18 Å². The first kappa shape index (κ1) is 17.8. The van der Waals surface area contributed by atoms with Crippen LogP contribution in [-0.2, 0) is 16.2 Å². The molecular weight excluding hydrogens is 377 g/mol. The van der Waals surface area contributed by atoms with Crippen molar-refractivity contribution in [3.8, 4) is 0 Å². The minimum absolute atomic E-state index is 0.0921. The Morgan fingerprint density at radius 3 is 2.44 bits per heavy atom. The van der Waals surface area contributed by atoms with Crippen LogP contribution in [0, 0.1) is 13.8 Å². The van der Waals surface area contributed by atoms with Gasteiger partial charge in [-0.15, -0.1) is 0 Å². The molecule has 0 amide bonds. The molecule has 0 radical (unpaired) electrons. The molecule has 0 saturated heterocycles. The van der Waals surface area contributed by atoms with E-state index in [9.17, 15) is 21.6 Å². The molecule has 3 rings (SSSR count). The quantitative estimate of drug-likeness (QED) is 0.646. The Morgan fingerprint density at radius 2 is 1.84 bits per heavy atom. The molecule has 0 atom stereocenters. The zero-order valence-corrected chi connectivity index (χ0v) is 14.7. The maximum atomic E-state index is 13.3. The molecule has 1 aromatic carbocycles. The fourth-order valence-corrected chi connectivity index (χ4v) is 4.45. The lowest BCUT2D eigenvalue weighted by Crippen LogP contribution is -2.14. The summed E-state index contributed by atoms with van der Waals surface area (Å²) < 4.78 is 66.4. The second-order valence-electron chi connectivity index (χ2n) is 5.60. The number of benzene rings is 1. The van der Waals surface area contributed by atoms with E-state index in [-0.39, 0.29) is 15.6 Å². The predicted octanol–water partition coefficient (Wildman–Crippen LogP) is 4.56. The lowest BCUT2D eigenvalue weighted by atomic mass is 10.2. The highest BCUT2D eigenvalue weighted by atomic mass is 35.5. The normalized spacial score (nSPS) is 12.7. The molecule has 0 N–H and O–H groups in total. The number of rotatable bonds is 2. The van der Waals surface area contributed by atoms with E-state index in [0.717, 1.165) is 5.56 Å². The minimum atomic E-state index is -4.77. The number of nitrogens with zero attached hydrogens (tertiary/aromatic N) is 2. The molecule has 4 nitrogen and oxygen atoms in total. The summed E-state index contributed by atoms with van der Waals surface area (Å²) in [5.74, 6) is 0. The van der Waals surface area contributed by atoms with Gasteiger partial charge in [-0.2, -0.15) is 13.2 Å². The average Bonchev–Trinajstić information content (AvgIpc) is 2.88. The fourth-order valence-electron chi connectivity index (χ4n) is 2.68. The van der Waals surface area contributed by atoms with Gasteiger partial charge in [-0.1, -0.05) is 29.3 Å². The van der Waals surface area contributed by atoms with Crippen LogP contribution in [0.4, 0.5) is 13.2 Å². The van der Waals surface area contributed by atoms with Crippen molar-refractivity contribution in [2.45, 2.75) is 24.9 Å². The van der Waals surface area contributed by atoms with E-state index in [1.54, 1.807) is 26.0 Å². The summed E-state index contributed by atoms with van der Waals surface area (Å²) in [6.45, 7) is 3.37. The molecule has 0 fully saturated rings. The van der Waals surface area contributed by atoms with Gasteiger partial charge in [0.1, 0.15) is 0 Å². The third kappa shape index (κ3) is 2.89. The molecule has 25 heavy (non-hydrogen) atoms. The third-order valence-electron chi connectivity index (χ3n) is 3.78. The average molecular weight is 389 g/mol. The highest BCUT2D eigenvalue weighted by Gasteiger charge is 2.38. The van der Waals surface area contributed by atoms with Gasteiger partial charge in [0.25, 0.3) is 10.0 Å².